The van der Waals surface area contributed by atoms with Crippen LogP contribution < -0.4 is 10.8 Å². The van der Waals surface area contributed by atoms with Crippen molar-refractivity contribution in [3.63, 3.8) is 0 Å². The highest BCUT2D eigenvalue weighted by Crippen LogP contribution is 2.14. The predicted molar refractivity (Wildman–Crippen MR) is 77.7 cm³/mol. The molecule has 0 unspecified atom stereocenters. The van der Waals surface area contributed by atoms with Gasteiger partial charge in [0.05, 0.1) is 6.61 Å². The van der Waals surface area contributed by atoms with Gasteiger partial charge in [0.2, 0.25) is 0 Å². The van der Waals surface area contributed by atoms with Crippen LogP contribution in [0.15, 0.2) is 18.2 Å². The molecule has 19 heavy (non-hydrogen) atoms. The first-order valence-electron chi connectivity index (χ1n) is 6.55. The van der Waals surface area contributed by atoms with E-state index in [9.17, 15) is 9.82 Å². The molecule has 1 aliphatic rings. The lowest BCUT2D eigenvalue weighted by Crippen LogP contribution is -2.28. The van der Waals surface area contributed by atoms with E-state index in [0.717, 1.165) is 5.56 Å². The van der Waals surface area contributed by atoms with Crippen LogP contribution in [0.1, 0.15) is 33.3 Å². The van der Waals surface area contributed by atoms with Crippen LogP contribution in [-0.2, 0) is 16.1 Å². The number of benzene rings is 1. The average molecular weight is 267 g/mol. The Labute approximate surface area is 114 Å². The molecule has 0 aromatic heterocycles. The van der Waals surface area contributed by atoms with E-state index in [4.69, 9.17) is 9.76 Å². The summed E-state index contributed by atoms with van der Waals surface area (Å²) in [6.07, 6.45) is 0. The molecular formula is C13H22BNO4. The van der Waals surface area contributed by atoms with Crippen molar-refractivity contribution in [3.8, 4) is 0 Å². The highest BCUT2D eigenvalue weighted by atomic mass is 16.5. The normalized spacial score (nSPS) is 11.5. The summed E-state index contributed by atoms with van der Waals surface area (Å²) in [5.74, 6) is -0.924. The molecule has 0 spiro atoms. The first-order chi connectivity index (χ1) is 9.16. The Balaban J connectivity index is 0.000000741. The van der Waals surface area contributed by atoms with Crippen LogP contribution in [0.4, 0.5) is 5.69 Å². The number of hydrogen-bond donors (Lipinski definition) is 3. The molecule has 5 nitrogen and oxygen atoms in total. The van der Waals surface area contributed by atoms with Crippen molar-refractivity contribution in [3.05, 3.63) is 23.8 Å². The number of aliphatic carboxylic acids is 1. The van der Waals surface area contributed by atoms with Crippen LogP contribution in [0.25, 0.3) is 0 Å². The van der Waals surface area contributed by atoms with Crippen molar-refractivity contribution >= 4 is 24.2 Å². The average Bonchev–Trinajstić information content (AvgIpc) is 2.82. The van der Waals surface area contributed by atoms with Gasteiger partial charge >= 0.3 is 13.1 Å². The summed E-state index contributed by atoms with van der Waals surface area (Å²) in [6.45, 7) is 8.26. The minimum Gasteiger partial charge on any atom is -0.480 e. The van der Waals surface area contributed by atoms with Crippen molar-refractivity contribution in [2.75, 3.05) is 11.9 Å². The molecule has 0 bridgehead atoms. The Hall–Kier alpha value is -1.53. The zero-order chi connectivity index (χ0) is 14.8. The van der Waals surface area contributed by atoms with E-state index in [1.165, 1.54) is 0 Å². The van der Waals surface area contributed by atoms with Crippen LogP contribution >= 0.6 is 0 Å². The molecule has 0 atom stereocenters. The third-order valence-corrected chi connectivity index (χ3v) is 2.25. The first kappa shape index (κ1) is 17.5. The van der Waals surface area contributed by atoms with E-state index in [1.807, 2.05) is 33.8 Å². The minimum absolute atomic E-state index is 0.143. The molecule has 6 heteroatoms. The standard InChI is InChI=1S/C9H10BNO4.2C2H6/c12-9(13)4-11-7-2-1-6-5-15-10(14)8(6)3-7;2*1-2/h1-3,11,14H,4-5H2,(H,12,13);2*1-2H3. The fourth-order valence-electron chi connectivity index (χ4n) is 1.50. The number of fused-ring (bicyclic) bond motifs is 1. The van der Waals surface area contributed by atoms with Gasteiger partial charge < -0.3 is 20.1 Å². The van der Waals surface area contributed by atoms with Gasteiger partial charge in [-0.3, -0.25) is 4.79 Å². The third kappa shape index (κ3) is 5.32. The van der Waals surface area contributed by atoms with E-state index in [-0.39, 0.29) is 6.54 Å². The van der Waals surface area contributed by atoms with Crippen molar-refractivity contribution in [1.29, 1.82) is 0 Å². The van der Waals surface area contributed by atoms with Gasteiger partial charge in [0.15, 0.2) is 0 Å². The molecule has 1 heterocycles. The molecule has 106 valence electrons. The fourth-order valence-corrected chi connectivity index (χ4v) is 1.50. The largest absolute Gasteiger partial charge is 0.491 e. The maximum atomic E-state index is 10.3. The molecule has 0 aliphatic carbocycles. The van der Waals surface area contributed by atoms with Crippen LogP contribution in [0, 0.1) is 0 Å². The molecule has 3 N–H and O–H groups in total. The van der Waals surface area contributed by atoms with E-state index in [0.29, 0.717) is 17.8 Å². The molecule has 1 aliphatic heterocycles. The van der Waals surface area contributed by atoms with Crippen LogP contribution in [0.2, 0.25) is 0 Å². The molecule has 0 amide bonds. The summed E-state index contributed by atoms with van der Waals surface area (Å²) in [6, 6.07) is 5.29. The van der Waals surface area contributed by atoms with E-state index >= 15 is 0 Å². The van der Waals surface area contributed by atoms with E-state index in [2.05, 4.69) is 5.32 Å². The molecular weight excluding hydrogens is 245 g/mol. The summed E-state index contributed by atoms with van der Waals surface area (Å²) in [4.78, 5) is 10.3. The lowest BCUT2D eigenvalue weighted by atomic mass is 9.79. The lowest BCUT2D eigenvalue weighted by molar-refractivity contribution is -0.134. The van der Waals surface area contributed by atoms with Gasteiger partial charge in [0.1, 0.15) is 6.54 Å². The number of carboxylic acids is 1. The van der Waals surface area contributed by atoms with E-state index < -0.39 is 13.1 Å². The van der Waals surface area contributed by atoms with Crippen LogP contribution in [-0.4, -0.2) is 29.8 Å². The zero-order valence-electron chi connectivity index (χ0n) is 11.9. The van der Waals surface area contributed by atoms with Gasteiger partial charge in [-0.2, -0.15) is 0 Å². The van der Waals surface area contributed by atoms with Crippen molar-refractivity contribution in [2.24, 2.45) is 0 Å². The molecule has 1 aromatic rings. The van der Waals surface area contributed by atoms with Crippen LogP contribution in [0.5, 0.6) is 0 Å². The molecule has 1 aromatic carbocycles. The zero-order valence-corrected chi connectivity index (χ0v) is 11.9. The number of nitrogens with one attached hydrogen (secondary N) is 1. The highest BCUT2D eigenvalue weighted by molar-refractivity contribution is 6.61. The Morgan fingerprint density at radius 3 is 2.58 bits per heavy atom. The van der Waals surface area contributed by atoms with Gasteiger partial charge in [-0.05, 0) is 23.2 Å². The Kier molecular flexibility index (Phi) is 8.66. The number of rotatable bonds is 3. The predicted octanol–water partition coefficient (Wildman–Crippen LogP) is 1.45. The first-order valence-corrected chi connectivity index (χ1v) is 6.55. The summed E-state index contributed by atoms with van der Waals surface area (Å²) in [5.41, 5.74) is 2.30. The Morgan fingerprint density at radius 1 is 1.37 bits per heavy atom. The second kappa shape index (κ2) is 9.41. The van der Waals surface area contributed by atoms with E-state index in [1.54, 1.807) is 12.1 Å². The number of carboxylic acid groups (broad SMARTS) is 1. The van der Waals surface area contributed by atoms with Gasteiger partial charge in [-0.1, -0.05) is 33.8 Å². The summed E-state index contributed by atoms with van der Waals surface area (Å²) in [5, 5.41) is 20.6. The van der Waals surface area contributed by atoms with Gasteiger partial charge in [0, 0.05) is 5.69 Å². The topological polar surface area (TPSA) is 78.8 Å². The van der Waals surface area contributed by atoms with Crippen LogP contribution in [0.3, 0.4) is 0 Å². The number of anilines is 1. The van der Waals surface area contributed by atoms with Gasteiger partial charge in [0.25, 0.3) is 0 Å². The summed E-state index contributed by atoms with van der Waals surface area (Å²) in [7, 11) is -0.897. The fraction of sp³-hybridized carbons (Fsp3) is 0.462. The number of carbonyl (C=O) groups is 1. The van der Waals surface area contributed by atoms with Crippen molar-refractivity contribution in [2.45, 2.75) is 34.3 Å². The second-order valence-corrected chi connectivity index (χ2v) is 3.32. The molecule has 0 fully saturated rings. The molecule has 0 saturated heterocycles. The second-order valence-electron chi connectivity index (χ2n) is 3.32. The Bertz CT molecular complexity index is 398. The Morgan fingerprint density at radius 2 is 2.00 bits per heavy atom. The van der Waals surface area contributed by atoms with Crippen molar-refractivity contribution in [1.82, 2.24) is 0 Å². The number of hydrogen-bond acceptors (Lipinski definition) is 4. The minimum atomic E-state index is -0.924. The monoisotopic (exact) mass is 267 g/mol. The maximum Gasteiger partial charge on any atom is 0.491 e. The molecule has 0 radical (unpaired) electrons. The molecule has 2 rings (SSSR count). The highest BCUT2D eigenvalue weighted by Gasteiger charge is 2.27. The smallest absolute Gasteiger partial charge is 0.480 e. The molecule has 0 saturated carbocycles. The lowest BCUT2D eigenvalue weighted by Gasteiger charge is -2.05. The third-order valence-electron chi connectivity index (χ3n) is 2.25. The summed E-state index contributed by atoms with van der Waals surface area (Å²) >= 11 is 0. The van der Waals surface area contributed by atoms with Gasteiger partial charge in [-0.25, -0.2) is 0 Å². The maximum absolute atomic E-state index is 10.3. The SMILES string of the molecule is CC.CC.O=C(O)CNc1ccc2c(c1)B(O)OC2. The summed E-state index contributed by atoms with van der Waals surface area (Å²) < 4.78 is 5.02. The van der Waals surface area contributed by atoms with Gasteiger partial charge in [-0.15, -0.1) is 0 Å². The van der Waals surface area contributed by atoms with Crippen molar-refractivity contribution < 1.29 is 19.6 Å². The quantitative estimate of drug-likeness (QED) is 0.722.